The predicted octanol–water partition coefficient (Wildman–Crippen LogP) is 1.35. The van der Waals surface area contributed by atoms with Gasteiger partial charge in [0.15, 0.2) is 0 Å². The number of amides is 2. The Morgan fingerprint density at radius 1 is 1.47 bits per heavy atom. The Balaban J connectivity index is 2.60. The number of carbonyl (C=O) groups is 2. The first kappa shape index (κ1) is 15.8. The summed E-state index contributed by atoms with van der Waals surface area (Å²) in [6, 6.07) is -0.676. The van der Waals surface area contributed by atoms with Crippen molar-refractivity contribution in [3.05, 3.63) is 0 Å². The van der Waals surface area contributed by atoms with Crippen LogP contribution in [0.1, 0.15) is 40.0 Å². The van der Waals surface area contributed by atoms with Crippen LogP contribution in [-0.4, -0.2) is 42.4 Å². The van der Waals surface area contributed by atoms with Crippen LogP contribution in [0, 0.1) is 5.41 Å². The van der Waals surface area contributed by atoms with Crippen molar-refractivity contribution >= 4 is 12.0 Å². The molecule has 0 heterocycles. The zero-order valence-electron chi connectivity index (χ0n) is 12.1. The van der Waals surface area contributed by atoms with Gasteiger partial charge in [-0.3, -0.25) is 4.79 Å². The summed E-state index contributed by atoms with van der Waals surface area (Å²) >= 11 is 0. The number of hydrogen-bond acceptors (Lipinski definition) is 3. The molecule has 3 N–H and O–H groups in total. The van der Waals surface area contributed by atoms with E-state index in [2.05, 4.69) is 10.6 Å². The van der Waals surface area contributed by atoms with Gasteiger partial charge >= 0.3 is 12.0 Å². The van der Waals surface area contributed by atoms with Crippen molar-refractivity contribution < 1.29 is 19.4 Å². The van der Waals surface area contributed by atoms with Crippen LogP contribution in [0.15, 0.2) is 0 Å². The van der Waals surface area contributed by atoms with Crippen molar-refractivity contribution in [2.24, 2.45) is 5.41 Å². The lowest BCUT2D eigenvalue weighted by atomic mass is 9.85. The van der Waals surface area contributed by atoms with Crippen LogP contribution in [0.4, 0.5) is 4.79 Å². The minimum absolute atomic E-state index is 0.330. The van der Waals surface area contributed by atoms with Gasteiger partial charge in [0.25, 0.3) is 0 Å². The number of methoxy groups -OCH3 is 1. The first-order valence-corrected chi connectivity index (χ1v) is 6.52. The molecule has 0 saturated heterocycles. The maximum atomic E-state index is 11.9. The minimum atomic E-state index is -0.872. The lowest BCUT2D eigenvalue weighted by Gasteiger charge is -2.30. The van der Waals surface area contributed by atoms with Crippen LogP contribution in [-0.2, 0) is 9.53 Å². The highest BCUT2D eigenvalue weighted by Gasteiger charge is 2.46. The molecule has 2 unspecified atom stereocenters. The molecule has 1 aliphatic rings. The Morgan fingerprint density at radius 3 is 2.63 bits per heavy atom. The van der Waals surface area contributed by atoms with Gasteiger partial charge in [-0.1, -0.05) is 6.42 Å². The third kappa shape index (κ3) is 3.83. The fourth-order valence-corrected chi connectivity index (χ4v) is 2.55. The molecule has 2 amide bonds. The lowest BCUT2D eigenvalue weighted by molar-refractivity contribution is -0.148. The molecule has 6 heteroatoms. The number of rotatable bonds is 5. The summed E-state index contributed by atoms with van der Waals surface area (Å²) in [4.78, 5) is 23.2. The van der Waals surface area contributed by atoms with E-state index in [-0.39, 0.29) is 12.1 Å². The number of hydrogen-bond donors (Lipinski definition) is 3. The zero-order chi connectivity index (χ0) is 14.7. The first-order valence-electron chi connectivity index (χ1n) is 6.52. The monoisotopic (exact) mass is 272 g/mol. The van der Waals surface area contributed by atoms with Crippen LogP contribution in [0.3, 0.4) is 0 Å². The highest BCUT2D eigenvalue weighted by atomic mass is 16.5. The van der Waals surface area contributed by atoms with E-state index in [4.69, 9.17) is 4.74 Å². The fraction of sp³-hybridized carbons (Fsp3) is 0.846. The minimum Gasteiger partial charge on any atom is -0.481 e. The molecule has 0 radical (unpaired) electrons. The summed E-state index contributed by atoms with van der Waals surface area (Å²) < 4.78 is 5.02. The average molecular weight is 272 g/mol. The molecule has 1 aliphatic carbocycles. The normalized spacial score (nSPS) is 27.1. The molecule has 0 aliphatic heterocycles. The number of carboxylic acid groups (broad SMARTS) is 1. The Bertz CT molecular complexity index is 357. The molecule has 0 aromatic carbocycles. The molecule has 0 bridgehead atoms. The van der Waals surface area contributed by atoms with Gasteiger partial charge in [0.05, 0.1) is 17.6 Å². The summed E-state index contributed by atoms with van der Waals surface area (Å²) in [5.41, 5.74) is -1.36. The molecular formula is C13H24N2O4. The number of aliphatic carboxylic acids is 1. The maximum Gasteiger partial charge on any atom is 0.315 e. The number of carbonyl (C=O) groups excluding carboxylic acids is 1. The van der Waals surface area contributed by atoms with E-state index in [0.29, 0.717) is 19.4 Å². The third-order valence-corrected chi connectivity index (χ3v) is 3.71. The lowest BCUT2D eigenvalue weighted by Crippen LogP contribution is -2.56. The number of ether oxygens (including phenoxy) is 1. The highest BCUT2D eigenvalue weighted by Crippen LogP contribution is 2.38. The second kappa shape index (κ2) is 5.77. The largest absolute Gasteiger partial charge is 0.481 e. The Morgan fingerprint density at radius 2 is 2.11 bits per heavy atom. The van der Waals surface area contributed by atoms with E-state index in [9.17, 15) is 14.7 Å². The molecule has 1 saturated carbocycles. The molecule has 0 aromatic rings. The van der Waals surface area contributed by atoms with Gasteiger partial charge in [0.2, 0.25) is 0 Å². The molecule has 110 valence electrons. The second-order valence-electron chi connectivity index (χ2n) is 6.08. The van der Waals surface area contributed by atoms with E-state index in [0.717, 1.165) is 6.42 Å². The molecule has 0 spiro atoms. The van der Waals surface area contributed by atoms with Gasteiger partial charge in [0, 0.05) is 13.2 Å². The molecule has 1 rings (SSSR count). The number of nitrogens with one attached hydrogen (secondary N) is 2. The Hall–Kier alpha value is -1.30. The summed E-state index contributed by atoms with van der Waals surface area (Å²) in [7, 11) is 1.57. The van der Waals surface area contributed by atoms with Crippen molar-refractivity contribution in [2.75, 3.05) is 13.7 Å². The van der Waals surface area contributed by atoms with Gasteiger partial charge < -0.3 is 20.5 Å². The molecule has 0 aromatic heterocycles. The van der Waals surface area contributed by atoms with Crippen molar-refractivity contribution in [1.29, 1.82) is 0 Å². The van der Waals surface area contributed by atoms with Crippen molar-refractivity contribution in [3.63, 3.8) is 0 Å². The molecule has 19 heavy (non-hydrogen) atoms. The van der Waals surface area contributed by atoms with Crippen molar-refractivity contribution in [1.82, 2.24) is 10.6 Å². The van der Waals surface area contributed by atoms with Gasteiger partial charge in [0.1, 0.15) is 0 Å². The summed E-state index contributed by atoms with van der Waals surface area (Å²) in [6.07, 6.45) is 2.10. The maximum absolute atomic E-state index is 11.9. The van der Waals surface area contributed by atoms with E-state index in [1.165, 1.54) is 0 Å². The summed E-state index contributed by atoms with van der Waals surface area (Å²) in [5, 5.41) is 14.9. The van der Waals surface area contributed by atoms with Crippen LogP contribution in [0.2, 0.25) is 0 Å². The van der Waals surface area contributed by atoms with Gasteiger partial charge in [-0.2, -0.15) is 0 Å². The quantitative estimate of drug-likeness (QED) is 0.705. The Kier molecular flexibility index (Phi) is 4.79. The Labute approximate surface area is 113 Å². The summed E-state index contributed by atoms with van der Waals surface area (Å²) in [6.45, 7) is 5.77. The number of urea groups is 1. The van der Waals surface area contributed by atoms with E-state index >= 15 is 0 Å². The number of carboxylic acids is 1. The third-order valence-electron chi connectivity index (χ3n) is 3.71. The van der Waals surface area contributed by atoms with Crippen LogP contribution >= 0.6 is 0 Å². The molecule has 6 nitrogen and oxygen atoms in total. The van der Waals surface area contributed by atoms with Crippen LogP contribution < -0.4 is 10.6 Å². The van der Waals surface area contributed by atoms with E-state index < -0.39 is 16.9 Å². The predicted molar refractivity (Wildman–Crippen MR) is 71.0 cm³/mol. The van der Waals surface area contributed by atoms with Gasteiger partial charge in [-0.25, -0.2) is 4.79 Å². The van der Waals surface area contributed by atoms with Gasteiger partial charge in [-0.15, -0.1) is 0 Å². The van der Waals surface area contributed by atoms with Crippen molar-refractivity contribution in [3.8, 4) is 0 Å². The topological polar surface area (TPSA) is 87.7 Å². The van der Waals surface area contributed by atoms with Gasteiger partial charge in [-0.05, 0) is 33.6 Å². The zero-order valence-corrected chi connectivity index (χ0v) is 12.1. The molecule has 2 atom stereocenters. The van der Waals surface area contributed by atoms with E-state index in [1.807, 2.05) is 13.8 Å². The molecule has 1 fully saturated rings. The van der Waals surface area contributed by atoms with E-state index in [1.54, 1.807) is 14.0 Å². The summed E-state index contributed by atoms with van der Waals surface area (Å²) in [5.74, 6) is -0.855. The van der Waals surface area contributed by atoms with Crippen LogP contribution in [0.25, 0.3) is 0 Å². The fourth-order valence-electron chi connectivity index (χ4n) is 2.55. The standard InChI is InChI=1S/C13H24N2O4/c1-12(2,8-19-4)15-11(18)14-9-6-5-7-13(9,3)10(16)17/h9H,5-8H2,1-4H3,(H,16,17)(H2,14,15,18). The first-order chi connectivity index (χ1) is 8.71. The van der Waals surface area contributed by atoms with Crippen LogP contribution in [0.5, 0.6) is 0 Å². The average Bonchev–Trinajstić information content (AvgIpc) is 2.60. The highest BCUT2D eigenvalue weighted by molar-refractivity contribution is 5.79. The molecular weight excluding hydrogens is 248 g/mol. The SMILES string of the molecule is COCC(C)(C)NC(=O)NC1CCCC1(C)C(=O)O. The second-order valence-corrected chi connectivity index (χ2v) is 6.08. The van der Waals surface area contributed by atoms with Crippen molar-refractivity contribution in [2.45, 2.75) is 51.6 Å². The smallest absolute Gasteiger partial charge is 0.315 e.